The summed E-state index contributed by atoms with van der Waals surface area (Å²) in [5, 5.41) is 0. The predicted octanol–water partition coefficient (Wildman–Crippen LogP) is 2.57. The first-order chi connectivity index (χ1) is 11.7. The zero-order valence-electron chi connectivity index (χ0n) is 14.7. The molecule has 0 aliphatic carbocycles. The molecule has 0 aromatic heterocycles. The van der Waals surface area contributed by atoms with Crippen molar-refractivity contribution >= 4 is 11.9 Å². The first-order valence-electron chi connectivity index (χ1n) is 8.50. The van der Waals surface area contributed by atoms with Gasteiger partial charge in [-0.05, 0) is 33.1 Å². The molecule has 6 nitrogen and oxygen atoms in total. The van der Waals surface area contributed by atoms with Gasteiger partial charge in [0.25, 0.3) is 0 Å². The van der Waals surface area contributed by atoms with Crippen LogP contribution in [0.4, 0.5) is 0 Å². The normalized spacial score (nSPS) is 17.1. The lowest BCUT2D eigenvalue weighted by atomic mass is 10.1. The van der Waals surface area contributed by atoms with Crippen LogP contribution in [0.3, 0.4) is 0 Å². The highest BCUT2D eigenvalue weighted by Crippen LogP contribution is 2.13. The van der Waals surface area contributed by atoms with Crippen LogP contribution in [0.5, 0.6) is 0 Å². The molecule has 1 saturated heterocycles. The Morgan fingerprint density at radius 3 is 2.29 bits per heavy atom. The van der Waals surface area contributed by atoms with Crippen LogP contribution in [0.15, 0.2) is 23.3 Å². The van der Waals surface area contributed by atoms with E-state index in [-0.39, 0.29) is 11.9 Å². The maximum atomic E-state index is 11.0. The molecule has 136 valence electrons. The lowest BCUT2D eigenvalue weighted by Gasteiger charge is -2.13. The van der Waals surface area contributed by atoms with Crippen LogP contribution in [0.1, 0.15) is 39.5 Å². The molecular formula is C18H28O6. The minimum Gasteiger partial charge on any atom is -0.466 e. The zero-order valence-corrected chi connectivity index (χ0v) is 14.7. The minimum absolute atomic E-state index is 0.134. The molecule has 0 amide bonds. The number of ether oxygens (including phenoxy) is 4. The molecule has 0 radical (unpaired) electrons. The fourth-order valence-corrected chi connectivity index (χ4v) is 2.25. The molecule has 1 fully saturated rings. The van der Waals surface area contributed by atoms with Gasteiger partial charge in [0.15, 0.2) is 0 Å². The van der Waals surface area contributed by atoms with E-state index in [2.05, 4.69) is 0 Å². The van der Waals surface area contributed by atoms with Crippen LogP contribution in [0.25, 0.3) is 0 Å². The molecule has 2 aliphatic rings. The summed E-state index contributed by atoms with van der Waals surface area (Å²) in [6, 6.07) is 0. The standard InChI is InChI=1S/2C9H14O3/c2*1-2-12-9(10)7-8-3-5-11-6-4-8/h7H,2-6H2,1H3;3H,2,4-7H2,1H3. The van der Waals surface area contributed by atoms with Gasteiger partial charge in [0, 0.05) is 6.08 Å². The average Bonchev–Trinajstić information content (AvgIpc) is 2.58. The van der Waals surface area contributed by atoms with Gasteiger partial charge in [-0.25, -0.2) is 4.79 Å². The van der Waals surface area contributed by atoms with Crippen molar-refractivity contribution in [1.29, 1.82) is 0 Å². The minimum atomic E-state index is -0.227. The van der Waals surface area contributed by atoms with E-state index < -0.39 is 0 Å². The Morgan fingerprint density at radius 2 is 1.71 bits per heavy atom. The molecule has 6 heteroatoms. The van der Waals surface area contributed by atoms with E-state index in [9.17, 15) is 9.59 Å². The molecular weight excluding hydrogens is 312 g/mol. The summed E-state index contributed by atoms with van der Waals surface area (Å²) in [7, 11) is 0. The monoisotopic (exact) mass is 340 g/mol. The molecule has 24 heavy (non-hydrogen) atoms. The Labute approximate surface area is 143 Å². The fraction of sp³-hybridized carbons (Fsp3) is 0.667. The molecule has 2 heterocycles. The Morgan fingerprint density at radius 1 is 1.04 bits per heavy atom. The Kier molecular flexibility index (Phi) is 10.8. The van der Waals surface area contributed by atoms with Crippen LogP contribution >= 0.6 is 0 Å². The number of esters is 2. The van der Waals surface area contributed by atoms with E-state index in [1.807, 2.05) is 13.0 Å². The SMILES string of the molecule is CCOC(=O)C=C1CCOCC1.CCOC(=O)CC1=CCOCC1. The molecule has 0 aromatic carbocycles. The van der Waals surface area contributed by atoms with Gasteiger partial charge in [-0.2, -0.15) is 0 Å². The maximum absolute atomic E-state index is 11.0. The topological polar surface area (TPSA) is 71.1 Å². The van der Waals surface area contributed by atoms with Gasteiger partial charge in [-0.15, -0.1) is 0 Å². The summed E-state index contributed by atoms with van der Waals surface area (Å²) < 4.78 is 19.9. The fourth-order valence-electron chi connectivity index (χ4n) is 2.25. The van der Waals surface area contributed by atoms with Crippen molar-refractivity contribution in [1.82, 2.24) is 0 Å². The predicted molar refractivity (Wildman–Crippen MR) is 89.5 cm³/mol. The maximum Gasteiger partial charge on any atom is 0.330 e. The van der Waals surface area contributed by atoms with E-state index >= 15 is 0 Å². The van der Waals surface area contributed by atoms with Crippen LogP contribution < -0.4 is 0 Å². The second-order valence-electron chi connectivity index (χ2n) is 5.34. The quantitative estimate of drug-likeness (QED) is 0.435. The number of hydrogen-bond acceptors (Lipinski definition) is 6. The van der Waals surface area contributed by atoms with Crippen molar-refractivity contribution in [2.24, 2.45) is 0 Å². The largest absolute Gasteiger partial charge is 0.466 e. The molecule has 0 spiro atoms. The van der Waals surface area contributed by atoms with Gasteiger partial charge in [-0.3, -0.25) is 4.79 Å². The van der Waals surface area contributed by atoms with E-state index in [0.29, 0.717) is 26.2 Å². The number of carbonyl (C=O) groups excluding carboxylic acids is 2. The van der Waals surface area contributed by atoms with E-state index in [4.69, 9.17) is 18.9 Å². The molecule has 0 N–H and O–H groups in total. The summed E-state index contributed by atoms with van der Waals surface area (Å²) in [6.45, 7) is 7.34. The Balaban J connectivity index is 0.000000240. The van der Waals surface area contributed by atoms with Gasteiger partial charge in [0.2, 0.25) is 0 Å². The van der Waals surface area contributed by atoms with Crippen molar-refractivity contribution in [2.45, 2.75) is 39.5 Å². The lowest BCUT2D eigenvalue weighted by molar-refractivity contribution is -0.142. The van der Waals surface area contributed by atoms with Crippen molar-refractivity contribution in [3.8, 4) is 0 Å². The van der Waals surface area contributed by atoms with Crippen LogP contribution in [0, 0.1) is 0 Å². The average molecular weight is 340 g/mol. The molecule has 0 saturated carbocycles. The second-order valence-corrected chi connectivity index (χ2v) is 5.34. The lowest BCUT2D eigenvalue weighted by Crippen LogP contribution is -2.10. The molecule has 0 unspecified atom stereocenters. The van der Waals surface area contributed by atoms with Crippen molar-refractivity contribution in [3.05, 3.63) is 23.3 Å². The van der Waals surface area contributed by atoms with Crippen molar-refractivity contribution < 1.29 is 28.5 Å². The summed E-state index contributed by atoms with van der Waals surface area (Å²) in [5.41, 5.74) is 2.28. The summed E-state index contributed by atoms with van der Waals surface area (Å²) in [4.78, 5) is 22.0. The van der Waals surface area contributed by atoms with Crippen LogP contribution in [-0.4, -0.2) is 51.6 Å². The third kappa shape index (κ3) is 9.47. The third-order valence-corrected chi connectivity index (χ3v) is 3.48. The van der Waals surface area contributed by atoms with Gasteiger partial charge in [0.05, 0.1) is 46.1 Å². The third-order valence-electron chi connectivity index (χ3n) is 3.48. The van der Waals surface area contributed by atoms with E-state index in [1.54, 1.807) is 13.0 Å². The molecule has 0 bridgehead atoms. The smallest absolute Gasteiger partial charge is 0.330 e. The summed E-state index contributed by atoms with van der Waals surface area (Å²) in [5.74, 6) is -0.361. The highest BCUT2D eigenvalue weighted by Gasteiger charge is 2.09. The first kappa shape index (κ1) is 20.4. The summed E-state index contributed by atoms with van der Waals surface area (Å²) >= 11 is 0. The zero-order chi connectivity index (χ0) is 17.6. The van der Waals surface area contributed by atoms with E-state index in [1.165, 1.54) is 0 Å². The highest BCUT2D eigenvalue weighted by molar-refractivity contribution is 5.82. The van der Waals surface area contributed by atoms with Crippen LogP contribution in [0.2, 0.25) is 0 Å². The molecule has 2 aliphatic heterocycles. The van der Waals surface area contributed by atoms with Gasteiger partial charge in [0.1, 0.15) is 0 Å². The van der Waals surface area contributed by atoms with Crippen molar-refractivity contribution in [3.63, 3.8) is 0 Å². The number of carbonyl (C=O) groups is 2. The first-order valence-corrected chi connectivity index (χ1v) is 8.50. The Bertz CT molecular complexity index is 444. The Hall–Kier alpha value is -1.66. The van der Waals surface area contributed by atoms with Gasteiger partial charge in [-0.1, -0.05) is 17.2 Å². The van der Waals surface area contributed by atoms with Gasteiger partial charge >= 0.3 is 11.9 Å². The van der Waals surface area contributed by atoms with Crippen molar-refractivity contribution in [2.75, 3.05) is 39.6 Å². The number of rotatable bonds is 5. The van der Waals surface area contributed by atoms with E-state index in [0.717, 1.165) is 50.2 Å². The summed E-state index contributed by atoms with van der Waals surface area (Å²) in [6.07, 6.45) is 6.56. The molecule has 0 aromatic rings. The highest BCUT2D eigenvalue weighted by atomic mass is 16.5. The second kappa shape index (κ2) is 12.7. The molecule has 2 rings (SSSR count). The van der Waals surface area contributed by atoms with Crippen LogP contribution in [-0.2, 0) is 28.5 Å². The van der Waals surface area contributed by atoms with Gasteiger partial charge < -0.3 is 18.9 Å². The molecule has 0 atom stereocenters. The number of hydrogen-bond donors (Lipinski definition) is 0.